The lowest BCUT2D eigenvalue weighted by molar-refractivity contribution is -0.668. The molecule has 0 atom stereocenters. The van der Waals surface area contributed by atoms with Crippen molar-refractivity contribution in [2.24, 2.45) is 0 Å². The van der Waals surface area contributed by atoms with Gasteiger partial charge in [-0.2, -0.15) is 13.0 Å². The number of anilines is 1. The fourth-order valence-corrected chi connectivity index (χ4v) is 8.43. The molecule has 0 radical (unpaired) electrons. The molecule has 2 heterocycles. The summed E-state index contributed by atoms with van der Waals surface area (Å²) in [7, 11) is -8.40. The van der Waals surface area contributed by atoms with Gasteiger partial charge in [0.05, 0.1) is 26.6 Å². The molecule has 44 heavy (non-hydrogen) atoms. The number of rotatable bonds is 12. The minimum Gasteiger partial charge on any atom is -0.748 e. The highest BCUT2D eigenvalue weighted by molar-refractivity contribution is 8.03. The molecule has 0 aliphatic carbocycles. The van der Waals surface area contributed by atoms with E-state index in [0.717, 1.165) is 59.5 Å². The number of thioether (sulfide) groups is 1. The Morgan fingerprint density at radius 2 is 1.75 bits per heavy atom. The van der Waals surface area contributed by atoms with Crippen LogP contribution in [0.25, 0.3) is 27.4 Å². The van der Waals surface area contributed by atoms with Crippen LogP contribution in [0.1, 0.15) is 36.8 Å². The summed E-state index contributed by atoms with van der Waals surface area (Å²) in [6, 6.07) is 22.5. The quantitative estimate of drug-likeness (QED) is 0.132. The predicted octanol–water partition coefficient (Wildman–Crippen LogP) is 6.62. The zero-order valence-corrected chi connectivity index (χ0v) is 27.7. The first-order chi connectivity index (χ1) is 20.9. The van der Waals surface area contributed by atoms with Crippen LogP contribution in [-0.4, -0.2) is 44.0 Å². The van der Waals surface area contributed by atoms with E-state index < -0.39 is 26.0 Å². The molecule has 0 saturated heterocycles. The molecular formula is C32H34N2O6S4. The van der Waals surface area contributed by atoms with Gasteiger partial charge in [0.25, 0.3) is 15.1 Å². The number of fused-ring (bicyclic) bond motifs is 2. The molecule has 1 aromatic heterocycles. The fraction of sp³-hybridized carbons (Fsp3) is 0.281. The van der Waals surface area contributed by atoms with Crippen LogP contribution in [0.3, 0.4) is 0 Å². The van der Waals surface area contributed by atoms with Crippen LogP contribution in [-0.2, 0) is 26.8 Å². The van der Waals surface area contributed by atoms with Gasteiger partial charge in [-0.1, -0.05) is 72.5 Å². The van der Waals surface area contributed by atoms with Gasteiger partial charge in [-0.05, 0) is 66.3 Å². The second kappa shape index (κ2) is 13.6. The Morgan fingerprint density at radius 1 is 0.977 bits per heavy atom. The summed E-state index contributed by atoms with van der Waals surface area (Å²) >= 11 is 3.23. The maximum Gasteiger partial charge on any atom is 0.265 e. The number of thiazole rings is 1. The van der Waals surface area contributed by atoms with Gasteiger partial charge in [-0.3, -0.25) is 4.55 Å². The van der Waals surface area contributed by atoms with Gasteiger partial charge in [-0.15, -0.1) is 0 Å². The predicted molar refractivity (Wildman–Crippen MR) is 178 cm³/mol. The average molecular weight is 671 g/mol. The van der Waals surface area contributed by atoms with Gasteiger partial charge in [0.1, 0.15) is 4.70 Å². The van der Waals surface area contributed by atoms with E-state index in [2.05, 4.69) is 71.0 Å². The maximum absolute atomic E-state index is 11.5. The first kappa shape index (κ1) is 32.4. The highest BCUT2D eigenvalue weighted by Crippen LogP contribution is 2.47. The van der Waals surface area contributed by atoms with Gasteiger partial charge in [0, 0.05) is 35.8 Å². The number of aromatic nitrogens is 1. The van der Waals surface area contributed by atoms with Gasteiger partial charge in [0.2, 0.25) is 5.52 Å². The highest BCUT2D eigenvalue weighted by Gasteiger charge is 2.26. The molecule has 0 fully saturated rings. The van der Waals surface area contributed by atoms with Crippen LogP contribution < -0.4 is 9.47 Å². The molecule has 5 rings (SSSR count). The number of hydrogen-bond acceptors (Lipinski definition) is 8. The summed E-state index contributed by atoms with van der Waals surface area (Å²) < 4.78 is 69.5. The second-order valence-electron chi connectivity index (χ2n) is 10.7. The number of allylic oxidation sites excluding steroid dienone is 2. The lowest BCUT2D eigenvalue weighted by atomic mass is 10.1. The van der Waals surface area contributed by atoms with Crippen LogP contribution in [0.5, 0.6) is 0 Å². The maximum atomic E-state index is 11.5. The average Bonchev–Trinajstić information content (AvgIpc) is 3.48. The van der Waals surface area contributed by atoms with Crippen LogP contribution in [0.15, 0.2) is 88.3 Å². The highest BCUT2D eigenvalue weighted by atomic mass is 32.2. The standard InChI is InChI=1S/C32H34N2O6S4/c1-3-24(20-31-33(15-7-17-43(35,36)37)27-19-23(2)11-13-29(27)41-31)21-32-34(16-8-18-44(38,39)40)28-22-26(12-14-30(28)42-32)25-9-5-4-6-10-25/h4-6,9-14,19-22H,3,7-8,15-18H2,1-2H3,(H-,35,36,37,38,39,40). The van der Waals surface area contributed by atoms with Gasteiger partial charge >= 0.3 is 0 Å². The van der Waals surface area contributed by atoms with Crippen LogP contribution in [0, 0.1) is 6.92 Å². The molecule has 0 unspecified atom stereocenters. The Kier molecular flexibility index (Phi) is 9.98. The zero-order chi connectivity index (χ0) is 31.5. The third-order valence-corrected chi connectivity index (χ3v) is 11.1. The molecule has 1 N–H and O–H groups in total. The zero-order valence-electron chi connectivity index (χ0n) is 24.5. The first-order valence-electron chi connectivity index (χ1n) is 14.3. The van der Waals surface area contributed by atoms with E-state index in [-0.39, 0.29) is 18.6 Å². The molecule has 0 bridgehead atoms. The molecular weight excluding hydrogens is 637 g/mol. The minimum absolute atomic E-state index is 0.218. The first-order valence-corrected chi connectivity index (χ1v) is 19.1. The van der Waals surface area contributed by atoms with E-state index in [1.807, 2.05) is 31.2 Å². The molecule has 8 nitrogen and oxygen atoms in total. The lowest BCUT2D eigenvalue weighted by Crippen LogP contribution is -2.36. The smallest absolute Gasteiger partial charge is 0.265 e. The van der Waals surface area contributed by atoms with Crippen LogP contribution in [0.4, 0.5) is 5.69 Å². The van der Waals surface area contributed by atoms with E-state index in [4.69, 9.17) is 0 Å². The monoisotopic (exact) mass is 670 g/mol. The molecule has 0 amide bonds. The summed E-state index contributed by atoms with van der Waals surface area (Å²) in [4.78, 5) is 3.15. The second-order valence-corrected chi connectivity index (χ2v) is 15.9. The van der Waals surface area contributed by atoms with Crippen molar-refractivity contribution >= 4 is 65.3 Å². The van der Waals surface area contributed by atoms with E-state index in [0.29, 0.717) is 13.1 Å². The third-order valence-electron chi connectivity index (χ3n) is 7.31. The summed E-state index contributed by atoms with van der Waals surface area (Å²) in [5, 5.41) is 1.90. The molecule has 1 aliphatic rings. The molecule has 4 aromatic rings. The third kappa shape index (κ3) is 8.17. The molecule has 0 spiro atoms. The number of aryl methyl sites for hydroxylation is 2. The van der Waals surface area contributed by atoms with Crippen molar-refractivity contribution in [3.63, 3.8) is 0 Å². The van der Waals surface area contributed by atoms with Crippen molar-refractivity contribution in [3.8, 4) is 11.1 Å². The fourth-order valence-electron chi connectivity index (χ4n) is 5.17. The number of benzene rings is 3. The van der Waals surface area contributed by atoms with Crippen LogP contribution >= 0.6 is 23.1 Å². The SMILES string of the molecule is CCC(/C=C1\Sc2ccc(C)cc2N1CCCS(=O)(=O)[O-])=C\c1sc2ccc(-c3ccccc3)cc2[n+]1CCCS(=O)(=O)O. The Bertz CT molecular complexity index is 1950. The summed E-state index contributed by atoms with van der Waals surface area (Å²) in [6.45, 7) is 4.88. The number of nitrogens with zero attached hydrogens (tertiary/aromatic N) is 2. The van der Waals surface area contributed by atoms with Crippen molar-refractivity contribution in [1.29, 1.82) is 0 Å². The Labute approximate surface area is 267 Å². The van der Waals surface area contributed by atoms with E-state index >= 15 is 0 Å². The van der Waals surface area contributed by atoms with Gasteiger partial charge in [0.15, 0.2) is 6.54 Å². The minimum atomic E-state index is -4.31. The largest absolute Gasteiger partial charge is 0.748 e. The summed E-state index contributed by atoms with van der Waals surface area (Å²) in [6.07, 6.45) is 5.42. The molecule has 232 valence electrons. The Morgan fingerprint density at radius 3 is 2.45 bits per heavy atom. The molecule has 0 saturated carbocycles. The van der Waals surface area contributed by atoms with Crippen molar-refractivity contribution in [2.75, 3.05) is 23.0 Å². The van der Waals surface area contributed by atoms with Crippen LogP contribution in [0.2, 0.25) is 0 Å². The Balaban J connectivity index is 1.54. The summed E-state index contributed by atoms with van der Waals surface area (Å²) in [5.74, 6) is -0.749. The van der Waals surface area contributed by atoms with Crippen molar-refractivity contribution in [3.05, 3.63) is 94.0 Å². The van der Waals surface area contributed by atoms with Gasteiger partial charge < -0.3 is 9.45 Å². The summed E-state index contributed by atoms with van der Waals surface area (Å²) in [5.41, 5.74) is 6.24. The van der Waals surface area contributed by atoms with E-state index in [1.165, 1.54) is 0 Å². The normalized spacial score (nSPS) is 15.0. The van der Waals surface area contributed by atoms with E-state index in [1.54, 1.807) is 23.1 Å². The molecule has 12 heteroatoms. The van der Waals surface area contributed by atoms with E-state index in [9.17, 15) is 25.9 Å². The molecule has 1 aliphatic heterocycles. The van der Waals surface area contributed by atoms with Crippen molar-refractivity contribution in [2.45, 2.75) is 44.6 Å². The van der Waals surface area contributed by atoms with Gasteiger partial charge in [-0.25, -0.2) is 8.42 Å². The molecule has 3 aromatic carbocycles. The number of hydrogen-bond donors (Lipinski definition) is 1. The van der Waals surface area contributed by atoms with Crippen molar-refractivity contribution in [1.82, 2.24) is 0 Å². The van der Waals surface area contributed by atoms with Crippen molar-refractivity contribution < 1.29 is 30.5 Å². The Hall–Kier alpha value is -3.00. The topological polar surface area (TPSA) is 119 Å². The lowest BCUT2D eigenvalue weighted by Gasteiger charge is -2.21.